The third-order valence-electron chi connectivity index (χ3n) is 4.24. The van der Waals surface area contributed by atoms with Crippen LogP contribution in [0.1, 0.15) is 30.9 Å². The maximum atomic E-state index is 12.2. The fourth-order valence-electron chi connectivity index (χ4n) is 2.84. The van der Waals surface area contributed by atoms with Crippen molar-refractivity contribution >= 4 is 11.8 Å². The van der Waals surface area contributed by atoms with E-state index in [1.165, 1.54) is 0 Å². The van der Waals surface area contributed by atoms with Crippen LogP contribution >= 0.6 is 0 Å². The van der Waals surface area contributed by atoms with Crippen LogP contribution in [0.4, 0.5) is 0 Å². The number of aryl methyl sites for hydroxylation is 1. The van der Waals surface area contributed by atoms with Crippen molar-refractivity contribution in [2.24, 2.45) is 5.92 Å². The molecule has 0 saturated carbocycles. The molecule has 1 saturated heterocycles. The first kappa shape index (κ1) is 16.3. The van der Waals surface area contributed by atoms with E-state index in [0.29, 0.717) is 19.6 Å². The maximum Gasteiger partial charge on any atom is 0.223 e. The first-order valence-corrected chi connectivity index (χ1v) is 7.68. The molecule has 5 nitrogen and oxygen atoms in total. The summed E-state index contributed by atoms with van der Waals surface area (Å²) in [6, 6.07) is 5.91. The Morgan fingerprint density at radius 1 is 1.32 bits per heavy atom. The number of amides is 2. The number of nitrogens with zero attached hydrogens (tertiary/aromatic N) is 1. The van der Waals surface area contributed by atoms with E-state index in [1.54, 1.807) is 18.9 Å². The minimum absolute atomic E-state index is 0.00921. The number of hydrogen-bond acceptors (Lipinski definition) is 3. The van der Waals surface area contributed by atoms with Crippen molar-refractivity contribution in [1.82, 2.24) is 10.2 Å². The molecule has 0 atom stereocenters. The van der Waals surface area contributed by atoms with Crippen molar-refractivity contribution in [2.45, 2.75) is 33.2 Å². The van der Waals surface area contributed by atoms with Crippen LogP contribution in [0.2, 0.25) is 0 Å². The van der Waals surface area contributed by atoms with Crippen molar-refractivity contribution in [3.05, 3.63) is 29.3 Å². The second-order valence-corrected chi connectivity index (χ2v) is 5.80. The van der Waals surface area contributed by atoms with Crippen LogP contribution < -0.4 is 10.1 Å². The van der Waals surface area contributed by atoms with Gasteiger partial charge in [-0.05, 0) is 37.0 Å². The lowest BCUT2D eigenvalue weighted by atomic mass is 9.96. The molecule has 1 aromatic carbocycles. The molecule has 2 rings (SSSR count). The number of carbonyl (C=O) groups is 2. The second-order valence-electron chi connectivity index (χ2n) is 5.80. The zero-order valence-corrected chi connectivity index (χ0v) is 13.5. The van der Waals surface area contributed by atoms with Gasteiger partial charge in [-0.2, -0.15) is 0 Å². The van der Waals surface area contributed by atoms with Gasteiger partial charge >= 0.3 is 0 Å². The number of carbonyl (C=O) groups excluding carboxylic acids is 2. The first-order valence-electron chi connectivity index (χ1n) is 7.68. The Hall–Kier alpha value is -2.04. The van der Waals surface area contributed by atoms with Gasteiger partial charge in [-0.25, -0.2) is 0 Å². The molecular formula is C17H24N2O3. The Balaban J connectivity index is 1.83. The summed E-state index contributed by atoms with van der Waals surface area (Å²) in [4.78, 5) is 25.3. The predicted molar refractivity (Wildman–Crippen MR) is 84.6 cm³/mol. The van der Waals surface area contributed by atoms with Crippen LogP contribution in [0.15, 0.2) is 18.2 Å². The maximum absolute atomic E-state index is 12.2. The predicted octanol–water partition coefficient (Wildman–Crippen LogP) is 1.88. The Morgan fingerprint density at radius 2 is 2.00 bits per heavy atom. The quantitative estimate of drug-likeness (QED) is 0.924. The topological polar surface area (TPSA) is 58.6 Å². The average molecular weight is 304 g/mol. The van der Waals surface area contributed by atoms with Crippen molar-refractivity contribution in [1.29, 1.82) is 0 Å². The van der Waals surface area contributed by atoms with Crippen LogP contribution in [-0.2, 0) is 16.1 Å². The Bertz CT molecular complexity index is 549. The van der Waals surface area contributed by atoms with E-state index in [-0.39, 0.29) is 17.7 Å². The summed E-state index contributed by atoms with van der Waals surface area (Å²) in [6.07, 6.45) is 1.49. The molecular weight excluding hydrogens is 280 g/mol. The molecule has 1 heterocycles. The summed E-state index contributed by atoms with van der Waals surface area (Å²) in [5.74, 6) is 1.03. The highest BCUT2D eigenvalue weighted by Crippen LogP contribution is 2.20. The molecule has 0 aromatic heterocycles. The molecule has 120 valence electrons. The zero-order chi connectivity index (χ0) is 16.1. The van der Waals surface area contributed by atoms with Crippen molar-refractivity contribution in [2.75, 3.05) is 20.2 Å². The molecule has 0 bridgehead atoms. The summed E-state index contributed by atoms with van der Waals surface area (Å²) in [6.45, 7) is 5.44. The lowest BCUT2D eigenvalue weighted by molar-refractivity contribution is -0.134. The number of rotatable bonds is 4. The highest BCUT2D eigenvalue weighted by Gasteiger charge is 2.25. The third kappa shape index (κ3) is 4.00. The summed E-state index contributed by atoms with van der Waals surface area (Å²) < 4.78 is 5.23. The van der Waals surface area contributed by atoms with Crippen molar-refractivity contribution in [3.8, 4) is 5.75 Å². The second kappa shape index (κ2) is 7.29. The van der Waals surface area contributed by atoms with Crippen LogP contribution in [-0.4, -0.2) is 36.9 Å². The van der Waals surface area contributed by atoms with E-state index in [2.05, 4.69) is 5.32 Å². The molecule has 1 aliphatic heterocycles. The first-order chi connectivity index (χ1) is 10.5. The van der Waals surface area contributed by atoms with Crippen LogP contribution in [0, 0.1) is 12.8 Å². The summed E-state index contributed by atoms with van der Waals surface area (Å²) in [5.41, 5.74) is 2.12. The number of benzene rings is 1. The van der Waals surface area contributed by atoms with Gasteiger partial charge in [0.05, 0.1) is 7.11 Å². The molecule has 5 heteroatoms. The number of likely N-dealkylation sites (tertiary alicyclic amines) is 1. The fraction of sp³-hybridized carbons (Fsp3) is 0.529. The van der Waals surface area contributed by atoms with Gasteiger partial charge in [-0.3, -0.25) is 9.59 Å². The molecule has 0 unspecified atom stereocenters. The monoisotopic (exact) mass is 304 g/mol. The largest absolute Gasteiger partial charge is 0.496 e. The van der Waals surface area contributed by atoms with E-state index >= 15 is 0 Å². The van der Waals surface area contributed by atoms with E-state index in [4.69, 9.17) is 4.74 Å². The summed E-state index contributed by atoms with van der Waals surface area (Å²) >= 11 is 0. The van der Waals surface area contributed by atoms with Gasteiger partial charge in [0.25, 0.3) is 0 Å². The smallest absolute Gasteiger partial charge is 0.223 e. The van der Waals surface area contributed by atoms with Crippen LogP contribution in [0.3, 0.4) is 0 Å². The van der Waals surface area contributed by atoms with Gasteiger partial charge in [0.2, 0.25) is 11.8 Å². The highest BCUT2D eigenvalue weighted by molar-refractivity contribution is 5.79. The molecule has 22 heavy (non-hydrogen) atoms. The number of hydrogen-bond donors (Lipinski definition) is 1. The fourth-order valence-corrected chi connectivity index (χ4v) is 2.84. The van der Waals surface area contributed by atoms with Gasteiger partial charge in [0.1, 0.15) is 5.75 Å². The minimum atomic E-state index is 0.00921. The molecule has 1 fully saturated rings. The van der Waals surface area contributed by atoms with Gasteiger partial charge in [-0.15, -0.1) is 0 Å². The van der Waals surface area contributed by atoms with Crippen molar-refractivity contribution < 1.29 is 14.3 Å². The van der Waals surface area contributed by atoms with Gasteiger partial charge in [-0.1, -0.05) is 12.1 Å². The normalized spacial score (nSPS) is 15.5. The molecule has 1 aromatic rings. The van der Waals surface area contributed by atoms with E-state index < -0.39 is 0 Å². The molecule has 1 aliphatic rings. The summed E-state index contributed by atoms with van der Waals surface area (Å²) in [5, 5.41) is 2.99. The number of piperidine rings is 1. The number of nitrogens with one attached hydrogen (secondary N) is 1. The van der Waals surface area contributed by atoms with Crippen LogP contribution in [0.25, 0.3) is 0 Å². The number of methoxy groups -OCH3 is 1. The van der Waals surface area contributed by atoms with Gasteiger partial charge in [0.15, 0.2) is 0 Å². The van der Waals surface area contributed by atoms with Gasteiger partial charge < -0.3 is 15.0 Å². The average Bonchev–Trinajstić information content (AvgIpc) is 2.52. The summed E-state index contributed by atoms with van der Waals surface area (Å²) in [7, 11) is 1.65. The molecule has 0 radical (unpaired) electrons. The molecule has 1 N–H and O–H groups in total. The highest BCUT2D eigenvalue weighted by atomic mass is 16.5. The van der Waals surface area contributed by atoms with Gasteiger partial charge in [0, 0.05) is 32.5 Å². The third-order valence-corrected chi connectivity index (χ3v) is 4.24. The number of ether oxygens (including phenoxy) is 1. The van der Waals surface area contributed by atoms with Crippen molar-refractivity contribution in [3.63, 3.8) is 0 Å². The lowest BCUT2D eigenvalue weighted by Crippen LogP contribution is -2.42. The molecule has 0 aliphatic carbocycles. The van der Waals surface area contributed by atoms with Crippen LogP contribution in [0.5, 0.6) is 5.75 Å². The minimum Gasteiger partial charge on any atom is -0.496 e. The Labute approximate surface area is 131 Å². The van der Waals surface area contributed by atoms with E-state index in [9.17, 15) is 9.59 Å². The standard InChI is InChI=1S/C17H24N2O3/c1-12-10-14(4-5-16(12)22-3)11-18-17(21)15-6-8-19(9-7-15)13(2)20/h4-5,10,15H,6-9,11H2,1-3H3,(H,18,21). The van der Waals surface area contributed by atoms with E-state index in [0.717, 1.165) is 29.7 Å². The molecule has 2 amide bonds. The SMILES string of the molecule is COc1ccc(CNC(=O)C2CCN(C(C)=O)CC2)cc1C. The molecule has 0 spiro atoms. The Morgan fingerprint density at radius 3 is 2.55 bits per heavy atom. The zero-order valence-electron chi connectivity index (χ0n) is 13.5. The lowest BCUT2D eigenvalue weighted by Gasteiger charge is -2.30. The van der Waals surface area contributed by atoms with E-state index in [1.807, 2.05) is 25.1 Å². The Kier molecular flexibility index (Phi) is 5.41.